The number of amides is 1. The van der Waals surface area contributed by atoms with E-state index < -0.39 is 20.0 Å². The number of carbonyl (C=O) groups excluding carboxylic acids is 2. The summed E-state index contributed by atoms with van der Waals surface area (Å²) in [7, 11) is 1.48. The molecule has 0 aromatic carbocycles. The normalized spacial score (nSPS) is 14.0. The SMILES string of the molecule is CCCCC/C=C\C/C=C\CCCCCCCCCCCCCCCCCCCC(=O)NC(COP(=O)(O)OCC[N+](C)(C)C)C(/C=C\CCCCCCCCCCCCC)OC(=O)CC/C=C/C/C=C\CCCCCCCC. The lowest BCUT2D eigenvalue weighted by Gasteiger charge is -2.27. The summed E-state index contributed by atoms with van der Waals surface area (Å²) >= 11 is 0. The Balaban J connectivity index is 5.05. The molecule has 0 radical (unpaired) electrons. The first kappa shape index (κ1) is 76.7. The highest BCUT2D eigenvalue weighted by molar-refractivity contribution is 7.47. The third kappa shape index (κ3) is 60.1. The molecule has 79 heavy (non-hydrogen) atoms. The minimum absolute atomic E-state index is 0.0331. The monoisotopic (exact) mass is 1130 g/mol. The predicted octanol–water partition coefficient (Wildman–Crippen LogP) is 21.0. The van der Waals surface area contributed by atoms with Gasteiger partial charge in [0.2, 0.25) is 5.91 Å². The molecule has 0 saturated heterocycles. The number of hydrogen-bond acceptors (Lipinski definition) is 6. The second-order valence-corrected chi connectivity index (χ2v) is 25.4. The number of unbranched alkanes of at least 4 members (excludes halogenated alkanes) is 37. The molecular weight excluding hydrogens is 1000 g/mol. The Kier molecular flexibility index (Phi) is 57.2. The fourth-order valence-corrected chi connectivity index (χ4v) is 10.5. The maximum absolute atomic E-state index is 13.6. The molecule has 9 nitrogen and oxygen atoms in total. The number of phosphoric acid groups is 1. The van der Waals surface area contributed by atoms with Crippen molar-refractivity contribution in [2.24, 2.45) is 0 Å². The molecule has 1 amide bonds. The highest BCUT2D eigenvalue weighted by Crippen LogP contribution is 2.43. The fraction of sp³-hybridized carbons (Fsp3) is 0.826. The molecule has 0 bridgehead atoms. The van der Waals surface area contributed by atoms with Crippen LogP contribution in [0.4, 0.5) is 0 Å². The Morgan fingerprint density at radius 2 is 0.785 bits per heavy atom. The Morgan fingerprint density at radius 1 is 0.443 bits per heavy atom. The van der Waals surface area contributed by atoms with Crippen LogP contribution in [-0.2, 0) is 27.9 Å². The second kappa shape index (κ2) is 58.9. The zero-order valence-electron chi connectivity index (χ0n) is 52.9. The number of likely N-dealkylation sites (N-methyl/N-ethyl adjacent to an activating group) is 1. The molecule has 2 N–H and O–H groups in total. The topological polar surface area (TPSA) is 111 Å². The summed E-state index contributed by atoms with van der Waals surface area (Å²) < 4.78 is 30.7. The zero-order chi connectivity index (χ0) is 57.9. The van der Waals surface area contributed by atoms with Gasteiger partial charge in [0.05, 0.1) is 33.8 Å². The summed E-state index contributed by atoms with van der Waals surface area (Å²) in [6, 6.07) is -0.870. The van der Waals surface area contributed by atoms with Crippen LogP contribution in [0, 0.1) is 0 Å². The summed E-state index contributed by atoms with van der Waals surface area (Å²) in [4.78, 5) is 37.7. The quantitative estimate of drug-likeness (QED) is 0.0205. The molecule has 3 atom stereocenters. The smallest absolute Gasteiger partial charge is 0.456 e. The van der Waals surface area contributed by atoms with E-state index in [9.17, 15) is 19.0 Å². The zero-order valence-corrected chi connectivity index (χ0v) is 53.8. The van der Waals surface area contributed by atoms with Crippen molar-refractivity contribution in [1.29, 1.82) is 0 Å². The number of nitrogens with zero attached hydrogens (tertiary/aromatic N) is 1. The molecule has 0 spiro atoms. The molecule has 0 saturated carbocycles. The maximum atomic E-state index is 13.6. The van der Waals surface area contributed by atoms with E-state index in [0.29, 0.717) is 23.9 Å². The summed E-state index contributed by atoms with van der Waals surface area (Å²) in [6.07, 6.45) is 75.4. The van der Waals surface area contributed by atoms with Crippen molar-refractivity contribution in [1.82, 2.24) is 5.32 Å². The van der Waals surface area contributed by atoms with Crippen molar-refractivity contribution in [3.8, 4) is 0 Å². The van der Waals surface area contributed by atoms with Gasteiger partial charge in [0, 0.05) is 12.8 Å². The molecule has 0 aliphatic carbocycles. The number of quaternary nitrogens is 1. The minimum Gasteiger partial charge on any atom is -0.456 e. The van der Waals surface area contributed by atoms with Gasteiger partial charge in [-0.25, -0.2) is 4.57 Å². The van der Waals surface area contributed by atoms with Crippen molar-refractivity contribution in [3.05, 3.63) is 60.8 Å². The summed E-state index contributed by atoms with van der Waals surface area (Å²) in [5.41, 5.74) is 0. The van der Waals surface area contributed by atoms with Crippen LogP contribution < -0.4 is 5.32 Å². The van der Waals surface area contributed by atoms with Gasteiger partial charge in [0.15, 0.2) is 0 Å². The van der Waals surface area contributed by atoms with Gasteiger partial charge in [-0.1, -0.05) is 281 Å². The molecule has 0 rings (SSSR count). The van der Waals surface area contributed by atoms with Gasteiger partial charge < -0.3 is 19.4 Å². The van der Waals surface area contributed by atoms with E-state index >= 15 is 0 Å². The molecular formula is C69H130N2O7P+. The number of hydrogen-bond donors (Lipinski definition) is 2. The highest BCUT2D eigenvalue weighted by atomic mass is 31.2. The van der Waals surface area contributed by atoms with Crippen LogP contribution in [0.5, 0.6) is 0 Å². The molecule has 0 aliphatic heterocycles. The van der Waals surface area contributed by atoms with Crippen LogP contribution >= 0.6 is 7.82 Å². The van der Waals surface area contributed by atoms with E-state index in [1.54, 1.807) is 0 Å². The van der Waals surface area contributed by atoms with Gasteiger partial charge in [-0.15, -0.1) is 0 Å². The highest BCUT2D eigenvalue weighted by Gasteiger charge is 2.30. The average Bonchev–Trinajstić information content (AvgIpc) is 3.41. The van der Waals surface area contributed by atoms with Crippen LogP contribution in [-0.4, -0.2) is 74.3 Å². The number of rotatable bonds is 61. The van der Waals surface area contributed by atoms with Crippen molar-refractivity contribution in [2.45, 2.75) is 328 Å². The van der Waals surface area contributed by atoms with Gasteiger partial charge in [-0.2, -0.15) is 0 Å². The van der Waals surface area contributed by atoms with Crippen LogP contribution in [0.15, 0.2) is 60.8 Å². The first-order valence-corrected chi connectivity index (χ1v) is 35.1. The number of carbonyl (C=O) groups is 2. The van der Waals surface area contributed by atoms with Gasteiger partial charge in [-0.05, 0) is 83.1 Å². The molecule has 0 aliphatic rings. The van der Waals surface area contributed by atoms with Gasteiger partial charge >= 0.3 is 13.8 Å². The first-order chi connectivity index (χ1) is 38.4. The van der Waals surface area contributed by atoms with Crippen LogP contribution in [0.2, 0.25) is 0 Å². The summed E-state index contributed by atoms with van der Waals surface area (Å²) in [5, 5.41) is 3.05. The molecule has 0 fully saturated rings. The van der Waals surface area contributed by atoms with Crippen LogP contribution in [0.25, 0.3) is 0 Å². The average molecular weight is 1130 g/mol. The standard InChI is InChI=1S/C69H129N2O7P/c1-7-10-13-16-19-22-25-28-29-30-31-32-33-34-35-36-37-38-39-40-41-44-46-49-52-55-58-61-68(72)70-66(65-77-79(74,75)76-64-63-71(4,5)6)67(60-57-54-51-48-45-42-26-23-20-17-14-11-8-2)78-69(73)62-59-56-53-50-47-43-27-24-21-18-15-12-9-3/h19,22,28-29,43,47,53,56-57,60,66-67H,7-18,20-21,23-27,30-42,44-46,48-52,54-55,58-59,61-65H2,1-6H3,(H-,70,72,74,75)/p+1/b22-19-,29-28-,47-43-,56-53+,60-57-. The maximum Gasteiger partial charge on any atom is 0.472 e. The van der Waals surface area contributed by atoms with Crippen molar-refractivity contribution in [2.75, 3.05) is 40.9 Å². The van der Waals surface area contributed by atoms with E-state index in [0.717, 1.165) is 57.8 Å². The Hall–Kier alpha value is -2.29. The van der Waals surface area contributed by atoms with Crippen LogP contribution in [0.1, 0.15) is 316 Å². The van der Waals surface area contributed by atoms with Gasteiger partial charge in [-0.3, -0.25) is 18.6 Å². The lowest BCUT2D eigenvalue weighted by Crippen LogP contribution is -2.47. The number of allylic oxidation sites excluding steroid dienone is 9. The van der Waals surface area contributed by atoms with Crippen molar-refractivity contribution < 1.29 is 37.3 Å². The molecule has 3 unspecified atom stereocenters. The third-order valence-corrected chi connectivity index (χ3v) is 15.9. The third-order valence-electron chi connectivity index (χ3n) is 14.9. The van der Waals surface area contributed by atoms with Crippen molar-refractivity contribution >= 4 is 19.7 Å². The van der Waals surface area contributed by atoms with Crippen LogP contribution in [0.3, 0.4) is 0 Å². The molecule has 10 heteroatoms. The summed E-state index contributed by atoms with van der Waals surface area (Å²) in [5.74, 6) is -0.573. The first-order valence-electron chi connectivity index (χ1n) is 33.6. The molecule has 462 valence electrons. The Morgan fingerprint density at radius 3 is 1.19 bits per heavy atom. The molecule has 0 heterocycles. The number of nitrogens with one attached hydrogen (secondary N) is 1. The number of phosphoric ester groups is 1. The Labute approximate surface area is 490 Å². The minimum atomic E-state index is -4.46. The second-order valence-electron chi connectivity index (χ2n) is 24.0. The predicted molar refractivity (Wildman–Crippen MR) is 342 cm³/mol. The number of esters is 1. The number of ether oxygens (including phenoxy) is 1. The molecule has 0 aromatic rings. The van der Waals surface area contributed by atoms with E-state index in [-0.39, 0.29) is 31.5 Å². The fourth-order valence-electron chi connectivity index (χ4n) is 9.73. The lowest BCUT2D eigenvalue weighted by atomic mass is 10.0. The van der Waals surface area contributed by atoms with E-state index in [4.69, 9.17) is 13.8 Å². The van der Waals surface area contributed by atoms with E-state index in [2.05, 4.69) is 68.6 Å². The lowest BCUT2D eigenvalue weighted by molar-refractivity contribution is -0.870. The Bertz CT molecular complexity index is 1540. The van der Waals surface area contributed by atoms with E-state index in [1.807, 2.05) is 39.4 Å². The van der Waals surface area contributed by atoms with E-state index in [1.165, 1.54) is 218 Å². The van der Waals surface area contributed by atoms with Gasteiger partial charge in [0.1, 0.15) is 19.3 Å². The summed E-state index contributed by atoms with van der Waals surface area (Å²) in [6.45, 7) is 6.97. The van der Waals surface area contributed by atoms with Gasteiger partial charge in [0.25, 0.3) is 0 Å². The molecule has 0 aromatic heterocycles. The largest absolute Gasteiger partial charge is 0.472 e. The van der Waals surface area contributed by atoms with Crippen molar-refractivity contribution in [3.63, 3.8) is 0 Å².